The molecule has 166 valence electrons. The molecule has 2 aromatic carbocycles. The van der Waals surface area contributed by atoms with Crippen LogP contribution in [0.25, 0.3) is 0 Å². The van der Waals surface area contributed by atoms with E-state index in [0.717, 1.165) is 54.8 Å². The summed E-state index contributed by atoms with van der Waals surface area (Å²) in [4.78, 5) is 14.9. The van der Waals surface area contributed by atoms with E-state index in [-0.39, 0.29) is 11.8 Å². The zero-order valence-electron chi connectivity index (χ0n) is 18.1. The number of rotatable bonds is 9. The number of nitrogens with zero attached hydrogens (tertiary/aromatic N) is 1. The summed E-state index contributed by atoms with van der Waals surface area (Å²) in [5, 5.41) is 3.09. The van der Waals surface area contributed by atoms with Crippen molar-refractivity contribution in [2.75, 3.05) is 33.4 Å². The van der Waals surface area contributed by atoms with Crippen LogP contribution in [0.2, 0.25) is 0 Å². The number of hydrogen-bond acceptors (Lipinski definition) is 4. The van der Waals surface area contributed by atoms with E-state index in [1.54, 1.807) is 0 Å². The molecule has 2 aliphatic rings. The lowest BCUT2D eigenvalue weighted by molar-refractivity contribution is -0.122. The summed E-state index contributed by atoms with van der Waals surface area (Å²) in [6, 6.07) is 16.8. The molecule has 6 heteroatoms. The van der Waals surface area contributed by atoms with Gasteiger partial charge in [0.1, 0.15) is 12.4 Å². The molecule has 2 atom stereocenters. The standard InChI is InChI=1S/C25H31BrN2O3/c1-28(21-8-11-30-12-9-21)10-13-31-22-7-2-4-18(14-22)17-27-25(29)24-16-23(24)19-5-3-6-20(26)15-19/h2-7,14-15,21,23-24H,8-13,16-17H2,1H3,(H,27,29). The Hall–Kier alpha value is -1.89. The van der Waals surface area contributed by atoms with Crippen LogP contribution >= 0.6 is 15.9 Å². The number of carbonyl (C=O) groups excluding carboxylic acids is 1. The third kappa shape index (κ3) is 6.31. The first-order chi connectivity index (χ1) is 15.1. The number of halogens is 1. The Morgan fingerprint density at radius 1 is 1.19 bits per heavy atom. The van der Waals surface area contributed by atoms with Crippen LogP contribution in [0.3, 0.4) is 0 Å². The Morgan fingerprint density at radius 2 is 2.00 bits per heavy atom. The molecule has 0 aromatic heterocycles. The maximum absolute atomic E-state index is 12.6. The van der Waals surface area contributed by atoms with E-state index in [2.05, 4.69) is 45.3 Å². The summed E-state index contributed by atoms with van der Waals surface area (Å²) in [5.41, 5.74) is 2.29. The second-order valence-corrected chi connectivity index (χ2v) is 9.46. The fraction of sp³-hybridized carbons (Fsp3) is 0.480. The Balaban J connectivity index is 1.20. The average Bonchev–Trinajstić information content (AvgIpc) is 3.59. The zero-order valence-corrected chi connectivity index (χ0v) is 19.6. The minimum absolute atomic E-state index is 0.0782. The number of ether oxygens (including phenoxy) is 2. The topological polar surface area (TPSA) is 50.8 Å². The van der Waals surface area contributed by atoms with Crippen molar-refractivity contribution in [3.63, 3.8) is 0 Å². The molecule has 4 rings (SSSR count). The molecule has 1 aliphatic carbocycles. The van der Waals surface area contributed by atoms with Crippen molar-refractivity contribution in [3.05, 3.63) is 64.1 Å². The van der Waals surface area contributed by atoms with Gasteiger partial charge in [-0.3, -0.25) is 9.69 Å². The van der Waals surface area contributed by atoms with Crippen LogP contribution in [-0.2, 0) is 16.1 Å². The van der Waals surface area contributed by atoms with Crippen LogP contribution in [0.15, 0.2) is 53.0 Å². The van der Waals surface area contributed by atoms with Gasteiger partial charge in [-0.05, 0) is 67.6 Å². The summed E-state index contributed by atoms with van der Waals surface area (Å²) < 4.78 is 12.5. The maximum Gasteiger partial charge on any atom is 0.224 e. The molecular formula is C25H31BrN2O3. The number of likely N-dealkylation sites (N-methyl/N-ethyl adjacent to an activating group) is 1. The Labute approximate surface area is 193 Å². The van der Waals surface area contributed by atoms with E-state index >= 15 is 0 Å². The average molecular weight is 487 g/mol. The maximum atomic E-state index is 12.6. The molecule has 1 amide bonds. The largest absolute Gasteiger partial charge is 0.492 e. The van der Waals surface area contributed by atoms with Gasteiger partial charge in [-0.1, -0.05) is 40.2 Å². The van der Waals surface area contributed by atoms with Gasteiger partial charge in [-0.25, -0.2) is 0 Å². The van der Waals surface area contributed by atoms with Crippen LogP contribution in [0.1, 0.15) is 36.3 Å². The smallest absolute Gasteiger partial charge is 0.224 e. The monoisotopic (exact) mass is 486 g/mol. The van der Waals surface area contributed by atoms with Gasteiger partial charge in [-0.15, -0.1) is 0 Å². The number of nitrogens with one attached hydrogen (secondary N) is 1. The molecule has 0 spiro atoms. The second kappa shape index (κ2) is 10.6. The lowest BCUT2D eigenvalue weighted by atomic mass is 10.1. The molecule has 1 N–H and O–H groups in total. The van der Waals surface area contributed by atoms with E-state index in [0.29, 0.717) is 25.1 Å². The highest BCUT2D eigenvalue weighted by Gasteiger charge is 2.43. The first-order valence-electron chi connectivity index (χ1n) is 11.1. The summed E-state index contributed by atoms with van der Waals surface area (Å²) in [5.74, 6) is 1.40. The molecular weight excluding hydrogens is 456 g/mol. The fourth-order valence-electron chi connectivity index (χ4n) is 4.27. The summed E-state index contributed by atoms with van der Waals surface area (Å²) in [7, 11) is 2.16. The highest BCUT2D eigenvalue weighted by Crippen LogP contribution is 2.48. The van der Waals surface area contributed by atoms with E-state index in [4.69, 9.17) is 9.47 Å². The van der Waals surface area contributed by atoms with Gasteiger partial charge in [0.05, 0.1) is 0 Å². The summed E-state index contributed by atoms with van der Waals surface area (Å²) in [6.45, 7) is 3.78. The Morgan fingerprint density at radius 3 is 2.81 bits per heavy atom. The van der Waals surface area contributed by atoms with Gasteiger partial charge >= 0.3 is 0 Å². The van der Waals surface area contributed by atoms with Crippen molar-refractivity contribution in [3.8, 4) is 5.75 Å². The van der Waals surface area contributed by atoms with Crippen molar-refractivity contribution in [1.82, 2.24) is 10.2 Å². The van der Waals surface area contributed by atoms with Crippen molar-refractivity contribution in [2.45, 2.75) is 37.8 Å². The van der Waals surface area contributed by atoms with Gasteiger partial charge in [-0.2, -0.15) is 0 Å². The predicted octanol–water partition coefficient (Wildman–Crippen LogP) is 4.36. The predicted molar refractivity (Wildman–Crippen MR) is 125 cm³/mol. The lowest BCUT2D eigenvalue weighted by Crippen LogP contribution is -2.38. The molecule has 1 saturated carbocycles. The zero-order chi connectivity index (χ0) is 21.6. The lowest BCUT2D eigenvalue weighted by Gasteiger charge is -2.31. The van der Waals surface area contributed by atoms with E-state index in [1.165, 1.54) is 5.56 Å². The van der Waals surface area contributed by atoms with Crippen LogP contribution in [-0.4, -0.2) is 50.3 Å². The van der Waals surface area contributed by atoms with Gasteiger partial charge in [0.2, 0.25) is 5.91 Å². The SMILES string of the molecule is CN(CCOc1cccc(CNC(=O)C2CC2c2cccc(Br)c2)c1)C1CCOCC1. The minimum atomic E-state index is 0.0782. The molecule has 1 aliphatic heterocycles. The van der Waals surface area contributed by atoms with Crippen LogP contribution in [0.4, 0.5) is 0 Å². The third-order valence-electron chi connectivity index (χ3n) is 6.30. The van der Waals surface area contributed by atoms with E-state index in [1.807, 2.05) is 36.4 Å². The van der Waals surface area contributed by atoms with Gasteiger partial charge in [0, 0.05) is 42.7 Å². The van der Waals surface area contributed by atoms with Gasteiger partial charge in [0.25, 0.3) is 0 Å². The van der Waals surface area contributed by atoms with Crippen LogP contribution in [0, 0.1) is 5.92 Å². The van der Waals surface area contributed by atoms with Gasteiger partial charge in [0.15, 0.2) is 0 Å². The van der Waals surface area contributed by atoms with Crippen molar-refractivity contribution in [1.29, 1.82) is 0 Å². The minimum Gasteiger partial charge on any atom is -0.492 e. The highest BCUT2D eigenvalue weighted by molar-refractivity contribution is 9.10. The van der Waals surface area contributed by atoms with Crippen molar-refractivity contribution in [2.24, 2.45) is 5.92 Å². The molecule has 0 bridgehead atoms. The number of benzene rings is 2. The van der Waals surface area contributed by atoms with E-state index < -0.39 is 0 Å². The molecule has 0 radical (unpaired) electrons. The van der Waals surface area contributed by atoms with Crippen molar-refractivity contribution < 1.29 is 14.3 Å². The Kier molecular flexibility index (Phi) is 7.64. The molecule has 2 aromatic rings. The number of amides is 1. The second-order valence-electron chi connectivity index (χ2n) is 8.54. The molecule has 2 unspecified atom stereocenters. The van der Waals surface area contributed by atoms with E-state index in [9.17, 15) is 4.79 Å². The van der Waals surface area contributed by atoms with Crippen LogP contribution < -0.4 is 10.1 Å². The number of carbonyl (C=O) groups is 1. The molecule has 31 heavy (non-hydrogen) atoms. The molecule has 2 fully saturated rings. The highest BCUT2D eigenvalue weighted by atomic mass is 79.9. The summed E-state index contributed by atoms with van der Waals surface area (Å²) >= 11 is 3.51. The van der Waals surface area contributed by atoms with Gasteiger partial charge < -0.3 is 14.8 Å². The third-order valence-corrected chi connectivity index (χ3v) is 6.79. The van der Waals surface area contributed by atoms with Crippen LogP contribution in [0.5, 0.6) is 5.75 Å². The number of hydrogen-bond donors (Lipinski definition) is 1. The quantitative estimate of drug-likeness (QED) is 0.571. The molecule has 1 saturated heterocycles. The fourth-order valence-corrected chi connectivity index (χ4v) is 4.69. The first-order valence-corrected chi connectivity index (χ1v) is 11.9. The molecule has 5 nitrogen and oxygen atoms in total. The first kappa shape index (κ1) is 22.3. The van der Waals surface area contributed by atoms with Crippen molar-refractivity contribution >= 4 is 21.8 Å². The Bertz CT molecular complexity index is 885. The molecule has 1 heterocycles. The summed E-state index contributed by atoms with van der Waals surface area (Å²) in [6.07, 6.45) is 3.11. The normalized spacial score (nSPS) is 21.1.